The topological polar surface area (TPSA) is 43.8 Å². The third-order valence-corrected chi connectivity index (χ3v) is 4.70. The van der Waals surface area contributed by atoms with Gasteiger partial charge in [0.1, 0.15) is 11.9 Å². The monoisotopic (exact) mass is 358 g/mol. The predicted octanol–water partition coefficient (Wildman–Crippen LogP) is 2.74. The normalized spacial score (nSPS) is 20.2. The van der Waals surface area contributed by atoms with Gasteiger partial charge in [-0.3, -0.25) is 14.6 Å². The summed E-state index contributed by atoms with van der Waals surface area (Å²) >= 11 is 3.37. The lowest BCUT2D eigenvalue weighted by Gasteiger charge is -2.39. The smallest absolute Gasteiger partial charge is 0.320 e. The quantitative estimate of drug-likeness (QED) is 0.898. The van der Waals surface area contributed by atoms with Crippen LogP contribution in [0.15, 0.2) is 22.7 Å². The Hall–Kier alpha value is -0.980. The summed E-state index contributed by atoms with van der Waals surface area (Å²) in [6.07, 6.45) is 0. The summed E-state index contributed by atoms with van der Waals surface area (Å²) in [7, 11) is 0. The van der Waals surface area contributed by atoms with E-state index in [0.29, 0.717) is 18.7 Å². The van der Waals surface area contributed by atoms with E-state index in [0.717, 1.165) is 17.6 Å². The lowest BCUT2D eigenvalue weighted by Crippen LogP contribution is -2.52. The van der Waals surface area contributed by atoms with Crippen LogP contribution in [0.1, 0.15) is 25.5 Å². The van der Waals surface area contributed by atoms with E-state index in [9.17, 15) is 9.18 Å². The Morgan fingerprint density at radius 2 is 1.81 bits per heavy atom. The molecule has 1 N–H and O–H groups in total. The van der Waals surface area contributed by atoms with Crippen molar-refractivity contribution in [3.63, 3.8) is 0 Å². The van der Waals surface area contributed by atoms with Gasteiger partial charge in [0.05, 0.1) is 0 Å². The number of aliphatic carboxylic acids is 1. The highest BCUT2D eigenvalue weighted by atomic mass is 79.9. The van der Waals surface area contributed by atoms with Crippen LogP contribution in [-0.4, -0.2) is 53.1 Å². The maximum Gasteiger partial charge on any atom is 0.320 e. The lowest BCUT2D eigenvalue weighted by molar-refractivity contribution is -0.143. The van der Waals surface area contributed by atoms with E-state index in [-0.39, 0.29) is 11.9 Å². The van der Waals surface area contributed by atoms with Crippen molar-refractivity contribution in [1.29, 1.82) is 0 Å². The molecule has 2 unspecified atom stereocenters. The molecule has 1 aromatic carbocycles. The number of carboxylic acids is 1. The fourth-order valence-electron chi connectivity index (χ4n) is 2.70. The number of benzene rings is 1. The average Bonchev–Trinajstić information content (AvgIpc) is 2.48. The first kappa shape index (κ1) is 16.4. The number of piperazine rings is 1. The van der Waals surface area contributed by atoms with Crippen molar-refractivity contribution in [3.05, 3.63) is 34.1 Å². The van der Waals surface area contributed by atoms with Gasteiger partial charge in [-0.2, -0.15) is 0 Å². The van der Waals surface area contributed by atoms with Gasteiger partial charge < -0.3 is 5.11 Å². The van der Waals surface area contributed by atoms with Gasteiger partial charge >= 0.3 is 5.97 Å². The number of carboxylic acid groups (broad SMARTS) is 1. The van der Waals surface area contributed by atoms with E-state index >= 15 is 0 Å². The second-order valence-electron chi connectivity index (χ2n) is 5.43. The molecule has 1 aromatic rings. The Kier molecular flexibility index (Phi) is 5.35. The Labute approximate surface area is 132 Å². The van der Waals surface area contributed by atoms with E-state index in [1.54, 1.807) is 13.0 Å². The van der Waals surface area contributed by atoms with Gasteiger partial charge in [-0.05, 0) is 32.0 Å². The number of nitrogens with zero attached hydrogens (tertiary/aromatic N) is 2. The van der Waals surface area contributed by atoms with Crippen LogP contribution in [0.5, 0.6) is 0 Å². The first-order chi connectivity index (χ1) is 9.90. The highest BCUT2D eigenvalue weighted by Gasteiger charge is 2.28. The van der Waals surface area contributed by atoms with Crippen LogP contribution in [0.4, 0.5) is 4.39 Å². The van der Waals surface area contributed by atoms with E-state index in [1.165, 1.54) is 6.07 Å². The van der Waals surface area contributed by atoms with Crippen LogP contribution in [-0.2, 0) is 4.79 Å². The molecule has 1 aliphatic rings. The summed E-state index contributed by atoms with van der Waals surface area (Å²) in [6.45, 7) is 6.55. The lowest BCUT2D eigenvalue weighted by atomic mass is 10.1. The summed E-state index contributed by atoms with van der Waals surface area (Å²) in [5.74, 6) is -0.999. The third-order valence-electron chi connectivity index (χ3n) is 4.21. The molecule has 1 saturated heterocycles. The van der Waals surface area contributed by atoms with Gasteiger partial charge in [-0.1, -0.05) is 15.9 Å². The molecule has 1 fully saturated rings. The van der Waals surface area contributed by atoms with Crippen molar-refractivity contribution >= 4 is 21.9 Å². The molecule has 1 heterocycles. The van der Waals surface area contributed by atoms with Crippen molar-refractivity contribution in [2.75, 3.05) is 26.2 Å². The zero-order valence-corrected chi connectivity index (χ0v) is 13.8. The van der Waals surface area contributed by atoms with Gasteiger partial charge in [0.2, 0.25) is 0 Å². The van der Waals surface area contributed by atoms with Gasteiger partial charge in [0, 0.05) is 42.3 Å². The zero-order chi connectivity index (χ0) is 15.6. The van der Waals surface area contributed by atoms with Crippen LogP contribution < -0.4 is 0 Å². The molecule has 4 nitrogen and oxygen atoms in total. The van der Waals surface area contributed by atoms with Crippen molar-refractivity contribution in [3.8, 4) is 0 Å². The number of halogens is 2. The number of carbonyl (C=O) groups is 1. The fraction of sp³-hybridized carbons (Fsp3) is 0.533. The van der Waals surface area contributed by atoms with Crippen LogP contribution in [0.2, 0.25) is 0 Å². The SMILES string of the molecule is CC(C(=O)O)N1CCN(C(C)c2cc(Br)ccc2F)CC1. The molecule has 0 bridgehead atoms. The molecule has 1 aliphatic heterocycles. The molecule has 0 aromatic heterocycles. The molecule has 0 amide bonds. The molecule has 2 rings (SSSR count). The third kappa shape index (κ3) is 3.81. The standard InChI is InChI=1S/C15H20BrFN2O2/c1-10(13-9-12(16)3-4-14(13)17)18-5-7-19(8-6-18)11(2)15(20)21/h3-4,9-11H,5-8H2,1-2H3,(H,20,21). The van der Waals surface area contributed by atoms with E-state index in [1.807, 2.05) is 17.9 Å². The zero-order valence-electron chi connectivity index (χ0n) is 12.2. The fourth-order valence-corrected chi connectivity index (χ4v) is 3.08. The highest BCUT2D eigenvalue weighted by Crippen LogP contribution is 2.27. The van der Waals surface area contributed by atoms with Crippen LogP contribution in [0, 0.1) is 5.82 Å². The van der Waals surface area contributed by atoms with E-state index < -0.39 is 12.0 Å². The van der Waals surface area contributed by atoms with Crippen molar-refractivity contribution in [2.24, 2.45) is 0 Å². The average molecular weight is 359 g/mol. The van der Waals surface area contributed by atoms with E-state index in [2.05, 4.69) is 20.8 Å². The Balaban J connectivity index is 2.01. The predicted molar refractivity (Wildman–Crippen MR) is 82.8 cm³/mol. The van der Waals surface area contributed by atoms with Crippen LogP contribution in [0.3, 0.4) is 0 Å². The second-order valence-corrected chi connectivity index (χ2v) is 6.34. The summed E-state index contributed by atoms with van der Waals surface area (Å²) in [4.78, 5) is 15.1. The maximum absolute atomic E-state index is 14.0. The highest BCUT2D eigenvalue weighted by molar-refractivity contribution is 9.10. The Bertz CT molecular complexity index is 518. The first-order valence-electron chi connectivity index (χ1n) is 7.06. The minimum absolute atomic E-state index is 0.0233. The number of hydrogen-bond acceptors (Lipinski definition) is 3. The molecule has 2 atom stereocenters. The van der Waals surface area contributed by atoms with Crippen LogP contribution >= 0.6 is 15.9 Å². The van der Waals surface area contributed by atoms with Crippen molar-refractivity contribution in [1.82, 2.24) is 9.80 Å². The van der Waals surface area contributed by atoms with Gasteiger partial charge in [-0.15, -0.1) is 0 Å². The van der Waals surface area contributed by atoms with Gasteiger partial charge in [-0.25, -0.2) is 4.39 Å². The van der Waals surface area contributed by atoms with Gasteiger partial charge in [0.25, 0.3) is 0 Å². The first-order valence-corrected chi connectivity index (χ1v) is 7.85. The molecule has 0 spiro atoms. The van der Waals surface area contributed by atoms with Crippen molar-refractivity contribution in [2.45, 2.75) is 25.9 Å². The molecule has 6 heteroatoms. The molecular formula is C15H20BrFN2O2. The summed E-state index contributed by atoms with van der Waals surface area (Å²) in [5, 5.41) is 9.04. The second kappa shape index (κ2) is 6.85. The minimum Gasteiger partial charge on any atom is -0.480 e. The van der Waals surface area contributed by atoms with E-state index in [4.69, 9.17) is 5.11 Å². The molecule has 21 heavy (non-hydrogen) atoms. The Morgan fingerprint density at radius 1 is 1.24 bits per heavy atom. The van der Waals surface area contributed by atoms with Crippen LogP contribution in [0.25, 0.3) is 0 Å². The number of hydrogen-bond donors (Lipinski definition) is 1. The summed E-state index contributed by atoms with van der Waals surface area (Å²) in [6, 6.07) is 4.48. The molecular weight excluding hydrogens is 339 g/mol. The van der Waals surface area contributed by atoms with Crippen molar-refractivity contribution < 1.29 is 14.3 Å². The number of rotatable bonds is 4. The summed E-state index contributed by atoms with van der Waals surface area (Å²) < 4.78 is 14.8. The molecule has 0 saturated carbocycles. The molecule has 0 aliphatic carbocycles. The summed E-state index contributed by atoms with van der Waals surface area (Å²) in [5.41, 5.74) is 0.670. The minimum atomic E-state index is -0.797. The van der Waals surface area contributed by atoms with Gasteiger partial charge in [0.15, 0.2) is 0 Å². The largest absolute Gasteiger partial charge is 0.480 e. The molecule has 0 radical (unpaired) electrons. The molecule has 116 valence electrons. The maximum atomic E-state index is 14.0. The Morgan fingerprint density at radius 3 is 2.38 bits per heavy atom.